The molecule has 3 N–H and O–H groups in total. The van der Waals surface area contributed by atoms with Crippen LogP contribution in [0, 0.1) is 6.92 Å². The van der Waals surface area contributed by atoms with E-state index in [-0.39, 0.29) is 36.8 Å². The van der Waals surface area contributed by atoms with Crippen molar-refractivity contribution in [1.29, 1.82) is 0 Å². The predicted octanol–water partition coefficient (Wildman–Crippen LogP) is 2.76. The van der Waals surface area contributed by atoms with Gasteiger partial charge in [-0.3, -0.25) is 15.1 Å². The first kappa shape index (κ1) is 18.8. The lowest BCUT2D eigenvalue weighted by molar-refractivity contribution is 0.102. The number of hydrogen-bond donors (Lipinski definition) is 2. The van der Waals surface area contributed by atoms with E-state index in [1.807, 2.05) is 6.92 Å². The van der Waals surface area contributed by atoms with E-state index in [1.165, 1.54) is 16.2 Å². The van der Waals surface area contributed by atoms with Gasteiger partial charge in [0.05, 0.1) is 11.3 Å². The van der Waals surface area contributed by atoms with E-state index < -0.39 is 0 Å². The van der Waals surface area contributed by atoms with Crippen molar-refractivity contribution >= 4 is 47.2 Å². The Morgan fingerprint density at radius 1 is 1.45 bits per heavy atom. The van der Waals surface area contributed by atoms with E-state index in [0.717, 1.165) is 25.0 Å². The average molecular weight is 361 g/mol. The number of carbonyl (C=O) groups is 1. The Labute approximate surface area is 145 Å². The minimum atomic E-state index is -0.161. The van der Waals surface area contributed by atoms with Gasteiger partial charge in [-0.2, -0.15) is 0 Å². The maximum Gasteiger partial charge on any atom is 0.259 e. The summed E-state index contributed by atoms with van der Waals surface area (Å²) in [6.07, 6.45) is 4.39. The van der Waals surface area contributed by atoms with Crippen LogP contribution in [0.2, 0.25) is 0 Å². The zero-order valence-electron chi connectivity index (χ0n) is 12.0. The second-order valence-electron chi connectivity index (χ2n) is 4.98. The number of carbonyl (C=O) groups excluding carboxylic acids is 1. The van der Waals surface area contributed by atoms with Crippen molar-refractivity contribution in [3.63, 3.8) is 0 Å². The van der Waals surface area contributed by atoms with Crippen LogP contribution in [0.4, 0.5) is 5.13 Å². The highest BCUT2D eigenvalue weighted by Gasteiger charge is 2.21. The van der Waals surface area contributed by atoms with Gasteiger partial charge in [0.15, 0.2) is 5.13 Å². The van der Waals surface area contributed by atoms with Gasteiger partial charge in [0.2, 0.25) is 0 Å². The number of halogens is 2. The molecule has 0 saturated heterocycles. The molecule has 1 aliphatic carbocycles. The van der Waals surface area contributed by atoms with Crippen LogP contribution in [0.5, 0.6) is 0 Å². The first-order valence-electron chi connectivity index (χ1n) is 6.60. The minimum absolute atomic E-state index is 0. The Kier molecular flexibility index (Phi) is 6.74. The molecule has 0 spiro atoms. The van der Waals surface area contributed by atoms with Gasteiger partial charge in [0, 0.05) is 22.8 Å². The Bertz CT molecular complexity index is 662. The van der Waals surface area contributed by atoms with E-state index in [4.69, 9.17) is 5.73 Å². The maximum absolute atomic E-state index is 12.2. The summed E-state index contributed by atoms with van der Waals surface area (Å²) >= 11 is 1.52. The van der Waals surface area contributed by atoms with Gasteiger partial charge in [0.25, 0.3) is 5.91 Å². The van der Waals surface area contributed by atoms with E-state index >= 15 is 0 Å². The van der Waals surface area contributed by atoms with Gasteiger partial charge < -0.3 is 5.73 Å². The molecule has 0 unspecified atom stereocenters. The summed E-state index contributed by atoms with van der Waals surface area (Å²) in [6, 6.07) is 3.74. The summed E-state index contributed by atoms with van der Waals surface area (Å²) in [5, 5.41) is 3.51. The first-order chi connectivity index (χ1) is 9.63. The summed E-state index contributed by atoms with van der Waals surface area (Å²) in [4.78, 5) is 22.0. The van der Waals surface area contributed by atoms with Crippen molar-refractivity contribution in [3.8, 4) is 0 Å². The van der Waals surface area contributed by atoms with Gasteiger partial charge in [-0.05, 0) is 38.3 Å². The molecule has 0 fully saturated rings. The van der Waals surface area contributed by atoms with Crippen molar-refractivity contribution in [2.24, 2.45) is 5.73 Å². The first-order valence-corrected chi connectivity index (χ1v) is 7.42. The van der Waals surface area contributed by atoms with Crippen LogP contribution in [-0.2, 0) is 12.8 Å². The largest absolute Gasteiger partial charge is 0.327 e. The molecule has 0 saturated carbocycles. The van der Waals surface area contributed by atoms with Crippen molar-refractivity contribution in [2.45, 2.75) is 32.2 Å². The SMILES string of the molecule is Cc1ncccc1C(=O)Nc1nc2c(s1)C[C@@H](N)CC2.Cl.Cl. The van der Waals surface area contributed by atoms with E-state index in [1.54, 1.807) is 18.3 Å². The van der Waals surface area contributed by atoms with Crippen molar-refractivity contribution < 1.29 is 4.79 Å². The molecule has 0 bridgehead atoms. The molecule has 2 aromatic heterocycles. The van der Waals surface area contributed by atoms with Crippen molar-refractivity contribution in [1.82, 2.24) is 9.97 Å². The molecule has 1 aliphatic rings. The highest BCUT2D eigenvalue weighted by molar-refractivity contribution is 7.15. The fourth-order valence-corrected chi connectivity index (χ4v) is 3.44. The molecular weight excluding hydrogens is 343 g/mol. The van der Waals surface area contributed by atoms with E-state index in [9.17, 15) is 4.79 Å². The lowest BCUT2D eigenvalue weighted by Gasteiger charge is -2.15. The molecule has 2 aromatic rings. The highest BCUT2D eigenvalue weighted by atomic mass is 35.5. The van der Waals surface area contributed by atoms with Crippen molar-refractivity contribution in [3.05, 3.63) is 40.2 Å². The molecule has 3 rings (SSSR count). The summed E-state index contributed by atoms with van der Waals surface area (Å²) < 4.78 is 0. The number of aryl methyl sites for hydroxylation is 2. The standard InChI is InChI=1S/C14H16N4OS.2ClH/c1-8-10(3-2-6-16-8)13(19)18-14-17-11-5-4-9(15)7-12(11)20-14;;/h2-3,6,9H,4-5,7,15H2,1H3,(H,17,18,19);2*1H/t9-;;/m0../s1. The molecular formula is C14H18Cl2N4OS. The molecule has 0 aliphatic heterocycles. The summed E-state index contributed by atoms with van der Waals surface area (Å²) in [7, 11) is 0. The molecule has 0 aromatic carbocycles. The maximum atomic E-state index is 12.2. The predicted molar refractivity (Wildman–Crippen MR) is 93.5 cm³/mol. The number of hydrogen-bond acceptors (Lipinski definition) is 5. The molecule has 22 heavy (non-hydrogen) atoms. The molecule has 2 heterocycles. The van der Waals surface area contributed by atoms with Gasteiger partial charge >= 0.3 is 0 Å². The van der Waals surface area contributed by atoms with Crippen LogP contribution in [0.15, 0.2) is 18.3 Å². The Balaban J connectivity index is 0.00000121. The van der Waals surface area contributed by atoms with E-state index in [0.29, 0.717) is 16.4 Å². The number of amides is 1. The van der Waals surface area contributed by atoms with Gasteiger partial charge in [-0.1, -0.05) is 0 Å². The fraction of sp³-hybridized carbons (Fsp3) is 0.357. The number of pyridine rings is 1. The third kappa shape index (κ3) is 3.95. The number of rotatable bonds is 2. The summed E-state index contributed by atoms with van der Waals surface area (Å²) in [5.74, 6) is -0.161. The highest BCUT2D eigenvalue weighted by Crippen LogP contribution is 2.29. The Morgan fingerprint density at radius 2 is 2.23 bits per heavy atom. The molecule has 1 amide bonds. The fourth-order valence-electron chi connectivity index (χ4n) is 2.34. The number of nitrogens with zero attached hydrogens (tertiary/aromatic N) is 2. The smallest absolute Gasteiger partial charge is 0.259 e. The Hall–Kier alpha value is -1.21. The number of anilines is 1. The quantitative estimate of drug-likeness (QED) is 0.862. The normalized spacial score (nSPS) is 16.0. The zero-order chi connectivity index (χ0) is 14.1. The number of fused-ring (bicyclic) bond motifs is 1. The zero-order valence-corrected chi connectivity index (χ0v) is 14.5. The lowest BCUT2D eigenvalue weighted by Crippen LogP contribution is -2.27. The van der Waals surface area contributed by atoms with Crippen LogP contribution in [0.3, 0.4) is 0 Å². The monoisotopic (exact) mass is 360 g/mol. The Morgan fingerprint density at radius 3 is 2.95 bits per heavy atom. The van der Waals surface area contributed by atoms with Gasteiger partial charge in [-0.15, -0.1) is 36.2 Å². The number of thiazole rings is 1. The van der Waals surface area contributed by atoms with Crippen LogP contribution < -0.4 is 11.1 Å². The van der Waals surface area contributed by atoms with Gasteiger partial charge in [0.1, 0.15) is 0 Å². The number of aromatic nitrogens is 2. The summed E-state index contributed by atoms with van der Waals surface area (Å²) in [5.41, 5.74) is 8.33. The van der Waals surface area contributed by atoms with Crippen LogP contribution in [0.1, 0.15) is 33.0 Å². The van der Waals surface area contributed by atoms with Gasteiger partial charge in [-0.25, -0.2) is 4.98 Å². The number of nitrogens with one attached hydrogen (secondary N) is 1. The third-order valence-corrected chi connectivity index (χ3v) is 4.49. The number of nitrogens with two attached hydrogens (primary N) is 1. The topological polar surface area (TPSA) is 80.9 Å². The molecule has 5 nitrogen and oxygen atoms in total. The minimum Gasteiger partial charge on any atom is -0.327 e. The van der Waals surface area contributed by atoms with Crippen LogP contribution in [-0.4, -0.2) is 21.9 Å². The van der Waals surface area contributed by atoms with Crippen LogP contribution >= 0.6 is 36.2 Å². The molecule has 0 radical (unpaired) electrons. The average Bonchev–Trinajstić information content (AvgIpc) is 2.80. The summed E-state index contributed by atoms with van der Waals surface area (Å²) in [6.45, 7) is 1.82. The van der Waals surface area contributed by atoms with E-state index in [2.05, 4.69) is 15.3 Å². The molecule has 8 heteroatoms. The third-order valence-electron chi connectivity index (χ3n) is 3.45. The second kappa shape index (κ2) is 7.87. The molecule has 120 valence electrons. The lowest BCUT2D eigenvalue weighted by atomic mass is 9.99. The molecule has 1 atom stereocenters. The second-order valence-corrected chi connectivity index (χ2v) is 6.07. The van der Waals surface area contributed by atoms with Crippen molar-refractivity contribution in [2.75, 3.05) is 5.32 Å². The van der Waals surface area contributed by atoms with Crippen LogP contribution in [0.25, 0.3) is 0 Å².